The second-order valence-corrected chi connectivity index (χ2v) is 5.78. The van der Waals surface area contributed by atoms with Crippen LogP contribution in [0, 0.1) is 12.7 Å². The zero-order chi connectivity index (χ0) is 15.1. The fraction of sp³-hybridized carbons (Fsp3) is 0.294. The molecule has 4 rings (SSSR count). The third-order valence-corrected chi connectivity index (χ3v) is 4.13. The summed E-state index contributed by atoms with van der Waals surface area (Å²) >= 11 is 0. The Hall–Kier alpha value is -2.27. The first kappa shape index (κ1) is 13.4. The summed E-state index contributed by atoms with van der Waals surface area (Å²) in [6.45, 7) is 3.00. The summed E-state index contributed by atoms with van der Waals surface area (Å²) in [5.74, 6) is -0.234. The number of hydrogen-bond acceptors (Lipinski definition) is 3. The van der Waals surface area contributed by atoms with Gasteiger partial charge in [0.05, 0.1) is 17.4 Å². The van der Waals surface area contributed by atoms with Gasteiger partial charge >= 0.3 is 0 Å². The van der Waals surface area contributed by atoms with Crippen LogP contribution in [0.5, 0.6) is 0 Å². The molecule has 1 aliphatic heterocycles. The van der Waals surface area contributed by atoms with Gasteiger partial charge < -0.3 is 5.32 Å². The number of nitrogens with one attached hydrogen (secondary N) is 1. The van der Waals surface area contributed by atoms with Crippen molar-refractivity contribution in [3.05, 3.63) is 53.6 Å². The van der Waals surface area contributed by atoms with Gasteiger partial charge in [0.1, 0.15) is 5.82 Å². The molecule has 0 bridgehead atoms. The minimum Gasteiger partial charge on any atom is -0.309 e. The number of hydrogen-bond donors (Lipinski definition) is 1. The lowest BCUT2D eigenvalue weighted by molar-refractivity contribution is 0.620. The zero-order valence-corrected chi connectivity index (χ0v) is 12.4. The molecule has 0 saturated carbocycles. The minimum atomic E-state index is -0.234. The highest BCUT2D eigenvalue weighted by atomic mass is 19.1. The van der Waals surface area contributed by atoms with Gasteiger partial charge in [-0.3, -0.25) is 0 Å². The van der Waals surface area contributed by atoms with Gasteiger partial charge in [0.15, 0.2) is 5.65 Å². The molecule has 0 aliphatic carbocycles. The number of fused-ring (bicyclic) bond motifs is 1. The molecule has 1 unspecified atom stereocenters. The highest BCUT2D eigenvalue weighted by Crippen LogP contribution is 2.26. The Morgan fingerprint density at radius 1 is 1.23 bits per heavy atom. The van der Waals surface area contributed by atoms with Crippen molar-refractivity contribution in [3.8, 4) is 11.3 Å². The second kappa shape index (κ2) is 5.18. The van der Waals surface area contributed by atoms with Crippen LogP contribution < -0.4 is 5.32 Å². The summed E-state index contributed by atoms with van der Waals surface area (Å²) in [6, 6.07) is 10.8. The lowest BCUT2D eigenvalue weighted by Crippen LogP contribution is -2.13. The largest absolute Gasteiger partial charge is 0.309 e. The first-order valence-electron chi connectivity index (χ1n) is 7.57. The Morgan fingerprint density at radius 2 is 2.05 bits per heavy atom. The molecule has 1 atom stereocenters. The highest BCUT2D eigenvalue weighted by molar-refractivity contribution is 5.63. The van der Waals surface area contributed by atoms with E-state index in [1.165, 1.54) is 18.6 Å². The van der Waals surface area contributed by atoms with Crippen LogP contribution in [0.15, 0.2) is 36.4 Å². The molecular formula is C17H17FN4. The van der Waals surface area contributed by atoms with E-state index in [4.69, 9.17) is 5.10 Å². The molecule has 1 aromatic carbocycles. The Bertz CT molecular complexity index is 817. The Labute approximate surface area is 128 Å². The molecule has 1 aliphatic rings. The van der Waals surface area contributed by atoms with E-state index in [1.807, 2.05) is 23.6 Å². The van der Waals surface area contributed by atoms with E-state index in [9.17, 15) is 4.39 Å². The van der Waals surface area contributed by atoms with Gasteiger partial charge in [-0.1, -0.05) is 0 Å². The number of benzene rings is 1. The quantitative estimate of drug-likeness (QED) is 0.789. The fourth-order valence-corrected chi connectivity index (χ4v) is 3.05. The van der Waals surface area contributed by atoms with Crippen LogP contribution in [0.4, 0.5) is 4.39 Å². The molecule has 0 radical (unpaired) electrons. The van der Waals surface area contributed by atoms with Crippen molar-refractivity contribution in [2.45, 2.75) is 25.8 Å². The molecule has 1 N–H and O–H groups in total. The van der Waals surface area contributed by atoms with Crippen LogP contribution in [0.3, 0.4) is 0 Å². The van der Waals surface area contributed by atoms with Gasteiger partial charge in [-0.15, -0.1) is 0 Å². The van der Waals surface area contributed by atoms with Crippen molar-refractivity contribution in [1.82, 2.24) is 19.9 Å². The van der Waals surface area contributed by atoms with Crippen LogP contribution in [0.2, 0.25) is 0 Å². The van der Waals surface area contributed by atoms with E-state index in [1.54, 1.807) is 12.1 Å². The number of nitrogens with zero attached hydrogens (tertiary/aromatic N) is 3. The average molecular weight is 296 g/mol. The summed E-state index contributed by atoms with van der Waals surface area (Å²) in [5, 5.41) is 8.19. The molecule has 22 heavy (non-hydrogen) atoms. The third-order valence-electron chi connectivity index (χ3n) is 4.13. The normalized spacial score (nSPS) is 18.2. The van der Waals surface area contributed by atoms with Gasteiger partial charge in [-0.05, 0) is 56.6 Å². The maximum atomic E-state index is 13.2. The van der Waals surface area contributed by atoms with E-state index >= 15 is 0 Å². The van der Waals surface area contributed by atoms with E-state index in [-0.39, 0.29) is 5.82 Å². The van der Waals surface area contributed by atoms with Crippen LogP contribution in [0.1, 0.15) is 30.3 Å². The average Bonchev–Trinajstić information content (AvgIpc) is 3.15. The smallest absolute Gasteiger partial charge is 0.156 e. The van der Waals surface area contributed by atoms with Gasteiger partial charge in [0.2, 0.25) is 0 Å². The van der Waals surface area contributed by atoms with Crippen molar-refractivity contribution >= 4 is 5.65 Å². The van der Waals surface area contributed by atoms with Gasteiger partial charge in [0, 0.05) is 17.3 Å². The van der Waals surface area contributed by atoms with E-state index < -0.39 is 0 Å². The van der Waals surface area contributed by atoms with Crippen LogP contribution >= 0.6 is 0 Å². The summed E-state index contributed by atoms with van der Waals surface area (Å²) in [5.41, 5.74) is 4.66. The first-order valence-corrected chi connectivity index (χ1v) is 7.57. The molecule has 2 aromatic heterocycles. The number of aryl methyl sites for hydroxylation is 1. The lowest BCUT2D eigenvalue weighted by Gasteiger charge is -2.07. The van der Waals surface area contributed by atoms with Crippen LogP contribution in [0.25, 0.3) is 16.9 Å². The summed E-state index contributed by atoms with van der Waals surface area (Å²) in [6.07, 6.45) is 2.28. The van der Waals surface area contributed by atoms with Crippen molar-refractivity contribution in [3.63, 3.8) is 0 Å². The molecule has 5 heteroatoms. The standard InChI is InChI=1S/C17H17FN4/c1-11-9-16(12-4-6-13(18)7-5-12)22-17(20-11)10-15(21-22)14-3-2-8-19-14/h4-7,9-10,14,19H,2-3,8H2,1H3. The number of aromatic nitrogens is 3. The van der Waals surface area contributed by atoms with Crippen LogP contribution in [-0.2, 0) is 0 Å². The predicted octanol–water partition coefficient (Wildman–Crippen LogP) is 3.27. The summed E-state index contributed by atoms with van der Waals surface area (Å²) in [4.78, 5) is 4.57. The van der Waals surface area contributed by atoms with Crippen LogP contribution in [-0.4, -0.2) is 21.1 Å². The molecule has 0 spiro atoms. The zero-order valence-electron chi connectivity index (χ0n) is 12.4. The van der Waals surface area contributed by atoms with Crippen molar-refractivity contribution in [1.29, 1.82) is 0 Å². The van der Waals surface area contributed by atoms with Gasteiger partial charge in [-0.25, -0.2) is 13.9 Å². The lowest BCUT2D eigenvalue weighted by atomic mass is 10.1. The molecule has 1 fully saturated rings. The molecule has 3 aromatic rings. The van der Waals surface area contributed by atoms with E-state index in [2.05, 4.69) is 10.3 Å². The molecule has 4 nitrogen and oxygen atoms in total. The molecule has 0 amide bonds. The number of rotatable bonds is 2. The first-order chi connectivity index (χ1) is 10.7. The molecule has 1 saturated heterocycles. The topological polar surface area (TPSA) is 42.2 Å². The Kier molecular flexibility index (Phi) is 3.15. The minimum absolute atomic E-state index is 0.234. The maximum Gasteiger partial charge on any atom is 0.156 e. The number of halogens is 1. The predicted molar refractivity (Wildman–Crippen MR) is 83.1 cm³/mol. The van der Waals surface area contributed by atoms with Crippen molar-refractivity contribution in [2.75, 3.05) is 6.54 Å². The maximum absolute atomic E-state index is 13.2. The van der Waals surface area contributed by atoms with E-state index in [0.717, 1.165) is 41.3 Å². The molecule has 112 valence electrons. The van der Waals surface area contributed by atoms with Gasteiger partial charge in [0.25, 0.3) is 0 Å². The van der Waals surface area contributed by atoms with E-state index in [0.29, 0.717) is 6.04 Å². The molecule has 3 heterocycles. The second-order valence-electron chi connectivity index (χ2n) is 5.78. The molecular weight excluding hydrogens is 279 g/mol. The Morgan fingerprint density at radius 3 is 2.77 bits per heavy atom. The SMILES string of the molecule is Cc1cc(-c2ccc(F)cc2)n2nc(C3CCCN3)cc2n1. The Balaban J connectivity index is 1.87. The van der Waals surface area contributed by atoms with Crippen molar-refractivity contribution < 1.29 is 4.39 Å². The summed E-state index contributed by atoms with van der Waals surface area (Å²) < 4.78 is 15.0. The van der Waals surface area contributed by atoms with Gasteiger partial charge in [-0.2, -0.15) is 5.10 Å². The summed E-state index contributed by atoms with van der Waals surface area (Å²) in [7, 11) is 0. The monoisotopic (exact) mass is 296 g/mol. The van der Waals surface area contributed by atoms with Crippen molar-refractivity contribution in [2.24, 2.45) is 0 Å². The highest BCUT2D eigenvalue weighted by Gasteiger charge is 2.20. The third kappa shape index (κ3) is 2.27. The fourth-order valence-electron chi connectivity index (χ4n) is 3.05.